The number of nitrogens with one attached hydrogen (secondary N) is 2. The van der Waals surface area contributed by atoms with Gasteiger partial charge in [0.25, 0.3) is 10.0 Å². The topological polar surface area (TPSA) is 79.3 Å². The van der Waals surface area contributed by atoms with Gasteiger partial charge in [-0.25, -0.2) is 18.1 Å². The van der Waals surface area contributed by atoms with Crippen LogP contribution < -0.4 is 10.0 Å². The van der Waals surface area contributed by atoms with Gasteiger partial charge in [-0.3, -0.25) is 4.90 Å². The number of halogens is 2. The smallest absolute Gasteiger partial charge is 0.259 e. The third-order valence-electron chi connectivity index (χ3n) is 3.29. The Bertz CT molecular complexity index is 509. The molecule has 0 spiro atoms. The van der Waals surface area contributed by atoms with E-state index in [9.17, 15) is 8.42 Å². The first kappa shape index (κ1) is 20.6. The molecule has 0 aromatic carbocycles. The second-order valence-electron chi connectivity index (χ2n) is 4.73. The van der Waals surface area contributed by atoms with Gasteiger partial charge in [0.05, 0.1) is 0 Å². The molecule has 0 radical (unpaired) electrons. The van der Waals surface area contributed by atoms with E-state index < -0.39 is 10.0 Å². The summed E-state index contributed by atoms with van der Waals surface area (Å²) in [5.74, 6) is 0.683. The Morgan fingerprint density at radius 3 is 2.48 bits per heavy atom. The van der Waals surface area contributed by atoms with Gasteiger partial charge in [-0.2, -0.15) is 0 Å². The summed E-state index contributed by atoms with van der Waals surface area (Å²) in [6, 6.07) is 0. The number of imidazole rings is 1. The lowest BCUT2D eigenvalue weighted by molar-refractivity contribution is 0.245. The van der Waals surface area contributed by atoms with E-state index in [0.29, 0.717) is 12.4 Å². The van der Waals surface area contributed by atoms with E-state index in [1.165, 1.54) is 6.20 Å². The highest BCUT2D eigenvalue weighted by molar-refractivity contribution is 7.89. The summed E-state index contributed by atoms with van der Waals surface area (Å²) >= 11 is 0. The monoisotopic (exact) mass is 359 g/mol. The van der Waals surface area contributed by atoms with Gasteiger partial charge in [-0.15, -0.1) is 24.8 Å². The SMILES string of the molecule is Cc1nc(S(=O)(=O)NCCN2CCNCC2)cn1C.Cl.Cl. The molecule has 0 bridgehead atoms. The zero-order chi connectivity index (χ0) is 13.9. The lowest BCUT2D eigenvalue weighted by atomic mass is 10.3. The molecule has 1 aromatic heterocycles. The van der Waals surface area contributed by atoms with Crippen LogP contribution in [-0.2, 0) is 17.1 Å². The van der Waals surface area contributed by atoms with Gasteiger partial charge in [0.1, 0.15) is 5.82 Å². The summed E-state index contributed by atoms with van der Waals surface area (Å²) in [6.45, 7) is 6.78. The van der Waals surface area contributed by atoms with Crippen LogP contribution in [-0.4, -0.2) is 62.1 Å². The molecular weight excluding hydrogens is 337 g/mol. The minimum atomic E-state index is -3.49. The molecule has 1 aliphatic rings. The Hall–Kier alpha value is -0.380. The fourth-order valence-corrected chi connectivity index (χ4v) is 3.06. The van der Waals surface area contributed by atoms with Crippen molar-refractivity contribution < 1.29 is 8.42 Å². The predicted octanol–water partition coefficient (Wildman–Crippen LogP) is -0.244. The highest BCUT2D eigenvalue weighted by Crippen LogP contribution is 2.07. The minimum absolute atomic E-state index is 0. The van der Waals surface area contributed by atoms with Crippen molar-refractivity contribution in [1.29, 1.82) is 0 Å². The molecule has 1 fully saturated rings. The van der Waals surface area contributed by atoms with Crippen LogP contribution in [0.2, 0.25) is 0 Å². The number of rotatable bonds is 5. The molecule has 0 atom stereocenters. The molecule has 1 saturated heterocycles. The molecule has 2 rings (SSSR count). The van der Waals surface area contributed by atoms with Crippen LogP contribution in [0, 0.1) is 6.92 Å². The molecule has 124 valence electrons. The molecule has 0 amide bonds. The molecule has 1 aromatic rings. The van der Waals surface area contributed by atoms with Crippen molar-refractivity contribution in [3.8, 4) is 0 Å². The first-order valence-electron chi connectivity index (χ1n) is 6.42. The zero-order valence-corrected chi connectivity index (χ0v) is 14.7. The number of aromatic nitrogens is 2. The number of piperazine rings is 1. The van der Waals surface area contributed by atoms with Crippen LogP contribution in [0.1, 0.15) is 5.82 Å². The summed E-state index contributed by atoms with van der Waals surface area (Å²) in [6.07, 6.45) is 1.53. The summed E-state index contributed by atoms with van der Waals surface area (Å²) in [5.41, 5.74) is 0. The maximum Gasteiger partial charge on any atom is 0.259 e. The molecule has 0 unspecified atom stereocenters. The van der Waals surface area contributed by atoms with E-state index in [2.05, 4.69) is 19.9 Å². The van der Waals surface area contributed by atoms with E-state index in [4.69, 9.17) is 0 Å². The highest BCUT2D eigenvalue weighted by atomic mass is 35.5. The molecular formula is C11H23Cl2N5O2S. The van der Waals surface area contributed by atoms with Crippen molar-refractivity contribution in [1.82, 2.24) is 24.5 Å². The Morgan fingerprint density at radius 1 is 1.33 bits per heavy atom. The van der Waals surface area contributed by atoms with E-state index in [0.717, 1.165) is 32.7 Å². The van der Waals surface area contributed by atoms with E-state index in [1.54, 1.807) is 18.5 Å². The van der Waals surface area contributed by atoms with Crippen LogP contribution >= 0.6 is 24.8 Å². The second kappa shape index (κ2) is 8.92. The van der Waals surface area contributed by atoms with Crippen molar-refractivity contribution in [3.63, 3.8) is 0 Å². The van der Waals surface area contributed by atoms with Crippen molar-refractivity contribution in [3.05, 3.63) is 12.0 Å². The highest BCUT2D eigenvalue weighted by Gasteiger charge is 2.18. The van der Waals surface area contributed by atoms with Crippen LogP contribution in [0.3, 0.4) is 0 Å². The van der Waals surface area contributed by atoms with Crippen molar-refractivity contribution in [2.75, 3.05) is 39.3 Å². The number of sulfonamides is 1. The van der Waals surface area contributed by atoms with E-state index in [1.807, 2.05) is 0 Å². The molecule has 0 aliphatic carbocycles. The van der Waals surface area contributed by atoms with Crippen LogP contribution in [0.15, 0.2) is 11.2 Å². The summed E-state index contributed by atoms with van der Waals surface area (Å²) in [4.78, 5) is 6.28. The molecule has 1 aliphatic heterocycles. The van der Waals surface area contributed by atoms with Gasteiger partial charge in [0.2, 0.25) is 0 Å². The normalized spacial score (nSPS) is 16.1. The van der Waals surface area contributed by atoms with Crippen molar-refractivity contribution in [2.24, 2.45) is 7.05 Å². The predicted molar refractivity (Wildman–Crippen MR) is 86.9 cm³/mol. The Morgan fingerprint density at radius 2 is 1.95 bits per heavy atom. The summed E-state index contributed by atoms with van der Waals surface area (Å²) in [7, 11) is -1.71. The van der Waals surface area contributed by atoms with Crippen LogP contribution in [0.4, 0.5) is 0 Å². The average Bonchev–Trinajstić information content (AvgIpc) is 2.72. The van der Waals surface area contributed by atoms with Gasteiger partial charge < -0.3 is 9.88 Å². The van der Waals surface area contributed by atoms with Crippen LogP contribution in [0.5, 0.6) is 0 Å². The maximum absolute atomic E-state index is 12.0. The zero-order valence-electron chi connectivity index (χ0n) is 12.2. The number of hydrogen-bond donors (Lipinski definition) is 2. The largest absolute Gasteiger partial charge is 0.337 e. The van der Waals surface area contributed by atoms with Gasteiger partial charge in [0, 0.05) is 52.5 Å². The average molecular weight is 360 g/mol. The van der Waals surface area contributed by atoms with Crippen molar-refractivity contribution in [2.45, 2.75) is 11.9 Å². The van der Waals surface area contributed by atoms with E-state index in [-0.39, 0.29) is 29.8 Å². The number of nitrogens with zero attached hydrogens (tertiary/aromatic N) is 3. The lowest BCUT2D eigenvalue weighted by Gasteiger charge is -2.26. The first-order valence-corrected chi connectivity index (χ1v) is 7.90. The fourth-order valence-electron chi connectivity index (χ4n) is 2.00. The van der Waals surface area contributed by atoms with Crippen molar-refractivity contribution >= 4 is 34.8 Å². The Balaban J connectivity index is 0.00000200. The third-order valence-corrected chi connectivity index (χ3v) is 4.62. The van der Waals surface area contributed by atoms with Gasteiger partial charge in [-0.05, 0) is 6.92 Å². The quantitative estimate of drug-likeness (QED) is 0.758. The van der Waals surface area contributed by atoms with Gasteiger partial charge in [0.15, 0.2) is 5.03 Å². The molecule has 7 nitrogen and oxygen atoms in total. The molecule has 2 N–H and O–H groups in total. The molecule has 21 heavy (non-hydrogen) atoms. The van der Waals surface area contributed by atoms with E-state index >= 15 is 0 Å². The molecule has 2 heterocycles. The number of aryl methyl sites for hydroxylation is 2. The Labute approximate surface area is 138 Å². The fraction of sp³-hybridized carbons (Fsp3) is 0.727. The number of hydrogen-bond acceptors (Lipinski definition) is 5. The first-order chi connectivity index (χ1) is 8.99. The summed E-state index contributed by atoms with van der Waals surface area (Å²) < 4.78 is 28.3. The standard InChI is InChI=1S/C11H21N5O2S.2ClH/c1-10-14-11(9-15(10)2)19(17,18)13-5-8-16-6-3-12-4-7-16;;/h9,12-13H,3-8H2,1-2H3;2*1H. The minimum Gasteiger partial charge on any atom is -0.337 e. The summed E-state index contributed by atoms with van der Waals surface area (Å²) in [5, 5.41) is 3.35. The lowest BCUT2D eigenvalue weighted by Crippen LogP contribution is -2.46. The molecule has 0 saturated carbocycles. The van der Waals surface area contributed by atoms with Crippen LogP contribution in [0.25, 0.3) is 0 Å². The third kappa shape index (κ3) is 5.72. The Kier molecular flexibility index (Phi) is 8.76. The second-order valence-corrected chi connectivity index (χ2v) is 6.44. The van der Waals surface area contributed by atoms with Gasteiger partial charge >= 0.3 is 0 Å². The maximum atomic E-state index is 12.0. The molecule has 10 heteroatoms. The van der Waals surface area contributed by atoms with Gasteiger partial charge in [-0.1, -0.05) is 0 Å².